The summed E-state index contributed by atoms with van der Waals surface area (Å²) in [5.41, 5.74) is -0.0747. The minimum atomic E-state index is -4.12. The van der Waals surface area contributed by atoms with Gasteiger partial charge in [-0.1, -0.05) is 13.8 Å². The highest BCUT2D eigenvalue weighted by atomic mass is 32.1. The zero-order chi connectivity index (χ0) is 11.9. The van der Waals surface area contributed by atoms with Crippen molar-refractivity contribution in [3.05, 3.63) is 0 Å². The van der Waals surface area contributed by atoms with E-state index in [2.05, 4.69) is 12.6 Å². The Morgan fingerprint density at radius 2 is 1.67 bits per heavy atom. The van der Waals surface area contributed by atoms with Crippen molar-refractivity contribution in [1.82, 2.24) is 0 Å². The van der Waals surface area contributed by atoms with Gasteiger partial charge in [0.25, 0.3) is 0 Å². The number of rotatable bonds is 7. The molecule has 0 aliphatic rings. The molecule has 0 spiro atoms. The molecule has 0 amide bonds. The van der Waals surface area contributed by atoms with E-state index in [4.69, 9.17) is 4.74 Å². The highest BCUT2D eigenvalue weighted by Gasteiger charge is 2.28. The molecule has 0 radical (unpaired) electrons. The van der Waals surface area contributed by atoms with Crippen LogP contribution in [-0.2, 0) is 4.74 Å². The summed E-state index contributed by atoms with van der Waals surface area (Å²) in [5, 5.41) is 0. The van der Waals surface area contributed by atoms with Crippen LogP contribution < -0.4 is 0 Å². The third-order valence-electron chi connectivity index (χ3n) is 2.77. The Bertz CT molecular complexity index is 158. The normalized spacial score (nSPS) is 13.2. The second kappa shape index (κ2) is 6.63. The van der Waals surface area contributed by atoms with Crippen LogP contribution in [0.2, 0.25) is 0 Å². The Labute approximate surface area is 94.8 Å². The fourth-order valence-corrected chi connectivity index (χ4v) is 1.74. The van der Waals surface area contributed by atoms with Crippen LogP contribution in [0.3, 0.4) is 0 Å². The van der Waals surface area contributed by atoms with Gasteiger partial charge in [0.1, 0.15) is 0 Å². The summed E-state index contributed by atoms with van der Waals surface area (Å²) < 4.78 is 40.6. The van der Waals surface area contributed by atoms with Crippen molar-refractivity contribution in [2.75, 3.05) is 19.0 Å². The predicted molar refractivity (Wildman–Crippen MR) is 58.4 cm³/mol. The van der Waals surface area contributed by atoms with Crippen molar-refractivity contribution < 1.29 is 17.9 Å². The molecule has 0 rings (SSSR count). The van der Waals surface area contributed by atoms with Crippen molar-refractivity contribution in [1.29, 1.82) is 0 Å². The third kappa shape index (κ3) is 6.30. The fourth-order valence-electron chi connectivity index (χ4n) is 1.20. The molecule has 0 saturated carbocycles. The molecule has 5 heteroatoms. The minimum absolute atomic E-state index is 0.0747. The van der Waals surface area contributed by atoms with Gasteiger partial charge in [-0.3, -0.25) is 0 Å². The summed E-state index contributed by atoms with van der Waals surface area (Å²) in [7, 11) is 0. The van der Waals surface area contributed by atoms with Crippen LogP contribution in [0.25, 0.3) is 0 Å². The smallest absolute Gasteiger partial charge is 0.380 e. The summed E-state index contributed by atoms with van der Waals surface area (Å²) in [6.07, 6.45) is -3.25. The predicted octanol–water partition coefficient (Wildman–Crippen LogP) is 3.69. The van der Waals surface area contributed by atoms with E-state index in [1.807, 2.05) is 13.8 Å². The highest BCUT2D eigenvalue weighted by Crippen LogP contribution is 2.28. The standard InChI is InChI=1S/C10H19F3OS/c1-3-9(4-2,8-15)7-14-6-5-10(11,12)13/h15H,3-8H2,1-2H3. The van der Waals surface area contributed by atoms with Crippen molar-refractivity contribution in [3.63, 3.8) is 0 Å². The van der Waals surface area contributed by atoms with Crippen LogP contribution in [-0.4, -0.2) is 25.1 Å². The van der Waals surface area contributed by atoms with Crippen LogP contribution in [0.5, 0.6) is 0 Å². The lowest BCUT2D eigenvalue weighted by molar-refractivity contribution is -0.147. The van der Waals surface area contributed by atoms with Gasteiger partial charge in [-0.15, -0.1) is 0 Å². The van der Waals surface area contributed by atoms with E-state index in [1.54, 1.807) is 0 Å². The fraction of sp³-hybridized carbons (Fsp3) is 1.00. The first kappa shape index (κ1) is 15.1. The molecule has 0 heterocycles. The number of hydrogen-bond acceptors (Lipinski definition) is 2. The zero-order valence-electron chi connectivity index (χ0n) is 9.23. The molecule has 0 unspecified atom stereocenters. The first-order valence-corrected chi connectivity index (χ1v) is 5.77. The number of hydrogen-bond donors (Lipinski definition) is 1. The summed E-state index contributed by atoms with van der Waals surface area (Å²) in [4.78, 5) is 0. The highest BCUT2D eigenvalue weighted by molar-refractivity contribution is 7.80. The molecule has 0 saturated heterocycles. The van der Waals surface area contributed by atoms with E-state index in [0.29, 0.717) is 12.4 Å². The molecule has 0 atom stereocenters. The minimum Gasteiger partial charge on any atom is -0.380 e. The van der Waals surface area contributed by atoms with Gasteiger partial charge in [-0.05, 0) is 18.6 Å². The second-order valence-electron chi connectivity index (χ2n) is 3.78. The molecule has 0 aromatic carbocycles. The molecular weight excluding hydrogens is 225 g/mol. The SMILES string of the molecule is CCC(CC)(CS)COCCC(F)(F)F. The molecule has 0 aromatic rings. The number of thiol groups is 1. The number of halogens is 3. The largest absolute Gasteiger partial charge is 0.391 e. The quantitative estimate of drug-likeness (QED) is 0.531. The summed E-state index contributed by atoms with van der Waals surface area (Å²) in [6.45, 7) is 4.12. The maximum Gasteiger partial charge on any atom is 0.391 e. The lowest BCUT2D eigenvalue weighted by Gasteiger charge is -2.29. The Hall–Kier alpha value is 0.100. The second-order valence-corrected chi connectivity index (χ2v) is 4.10. The molecule has 0 aliphatic carbocycles. The lowest BCUT2D eigenvalue weighted by Crippen LogP contribution is -2.28. The number of alkyl halides is 3. The topological polar surface area (TPSA) is 9.23 Å². The van der Waals surface area contributed by atoms with Crippen molar-refractivity contribution >= 4 is 12.6 Å². The van der Waals surface area contributed by atoms with E-state index in [0.717, 1.165) is 12.8 Å². The third-order valence-corrected chi connectivity index (χ3v) is 3.44. The molecule has 0 aromatic heterocycles. The van der Waals surface area contributed by atoms with Crippen LogP contribution in [0.1, 0.15) is 33.1 Å². The molecule has 1 nitrogen and oxygen atoms in total. The van der Waals surface area contributed by atoms with Crippen LogP contribution in [0.4, 0.5) is 13.2 Å². The molecule has 15 heavy (non-hydrogen) atoms. The molecule has 92 valence electrons. The van der Waals surface area contributed by atoms with E-state index in [-0.39, 0.29) is 12.0 Å². The average molecular weight is 244 g/mol. The lowest BCUT2D eigenvalue weighted by atomic mass is 9.85. The Kier molecular flexibility index (Phi) is 6.68. The van der Waals surface area contributed by atoms with E-state index in [1.165, 1.54) is 0 Å². The summed E-state index contributed by atoms with van der Waals surface area (Å²) in [5.74, 6) is 0.645. The van der Waals surface area contributed by atoms with Gasteiger partial charge in [0.05, 0.1) is 19.6 Å². The van der Waals surface area contributed by atoms with E-state index in [9.17, 15) is 13.2 Å². The molecule has 0 bridgehead atoms. The Balaban J connectivity index is 3.82. The van der Waals surface area contributed by atoms with Gasteiger partial charge >= 0.3 is 6.18 Å². The van der Waals surface area contributed by atoms with E-state index < -0.39 is 12.6 Å². The van der Waals surface area contributed by atoms with Crippen molar-refractivity contribution in [2.24, 2.45) is 5.41 Å². The summed E-state index contributed by atoms with van der Waals surface area (Å²) in [6, 6.07) is 0. The van der Waals surface area contributed by atoms with Gasteiger partial charge in [0.2, 0.25) is 0 Å². The molecule has 0 N–H and O–H groups in total. The van der Waals surface area contributed by atoms with Crippen molar-refractivity contribution in [2.45, 2.75) is 39.3 Å². The van der Waals surface area contributed by atoms with Gasteiger partial charge < -0.3 is 4.74 Å². The van der Waals surface area contributed by atoms with Gasteiger partial charge in [0.15, 0.2) is 0 Å². The Morgan fingerprint density at radius 1 is 1.13 bits per heavy atom. The van der Waals surface area contributed by atoms with Gasteiger partial charge in [0, 0.05) is 5.41 Å². The zero-order valence-corrected chi connectivity index (χ0v) is 10.1. The summed E-state index contributed by atoms with van der Waals surface area (Å²) >= 11 is 4.22. The van der Waals surface area contributed by atoms with Crippen molar-refractivity contribution in [3.8, 4) is 0 Å². The van der Waals surface area contributed by atoms with Crippen LogP contribution >= 0.6 is 12.6 Å². The molecule has 0 fully saturated rings. The van der Waals surface area contributed by atoms with Crippen LogP contribution in [0, 0.1) is 5.41 Å². The maximum atomic E-state index is 11.8. The first-order chi connectivity index (χ1) is 6.89. The first-order valence-electron chi connectivity index (χ1n) is 5.14. The Morgan fingerprint density at radius 3 is 2.00 bits per heavy atom. The van der Waals surface area contributed by atoms with Gasteiger partial charge in [-0.2, -0.15) is 25.8 Å². The monoisotopic (exact) mass is 244 g/mol. The van der Waals surface area contributed by atoms with Crippen LogP contribution in [0.15, 0.2) is 0 Å². The number of ether oxygens (including phenoxy) is 1. The van der Waals surface area contributed by atoms with Gasteiger partial charge in [-0.25, -0.2) is 0 Å². The maximum absolute atomic E-state index is 11.8. The average Bonchev–Trinajstić information content (AvgIpc) is 2.18. The molecular formula is C10H19F3OS. The van der Waals surface area contributed by atoms with E-state index >= 15 is 0 Å². The molecule has 0 aliphatic heterocycles.